The van der Waals surface area contributed by atoms with Crippen LogP contribution in [0.25, 0.3) is 0 Å². The van der Waals surface area contributed by atoms with E-state index in [0.29, 0.717) is 12.8 Å². The summed E-state index contributed by atoms with van der Waals surface area (Å²) < 4.78 is 73.9. The molecule has 0 aliphatic rings. The molecule has 204 valence electrons. The molecule has 1 nitrogen and oxygen atoms in total. The van der Waals surface area contributed by atoms with Crippen molar-refractivity contribution in [2.45, 2.75) is 25.9 Å². The van der Waals surface area contributed by atoms with Gasteiger partial charge in [0.25, 0.3) is 0 Å². The number of rotatable bonds is 9. The number of hydrogen-bond donors (Lipinski definition) is 0. The van der Waals surface area contributed by atoms with Crippen molar-refractivity contribution in [2.24, 2.45) is 0 Å². The molecular weight excluding hydrogens is 631 g/mol. The van der Waals surface area contributed by atoms with E-state index in [-0.39, 0.29) is 0 Å². The number of ether oxygens (including phenoxy) is 1. The first-order valence-electron chi connectivity index (χ1n) is 12.1. The van der Waals surface area contributed by atoms with Gasteiger partial charge >= 0.3 is 225 Å². The van der Waals surface area contributed by atoms with E-state index in [9.17, 15) is 14.1 Å². The zero-order valence-corrected chi connectivity index (χ0v) is 24.3. The van der Waals surface area contributed by atoms with Gasteiger partial charge in [0.2, 0.25) is 0 Å². The summed E-state index contributed by atoms with van der Waals surface area (Å²) >= 11 is -9.19. The van der Waals surface area contributed by atoms with Crippen molar-refractivity contribution < 1.29 is 23.0 Å². The van der Waals surface area contributed by atoms with Crippen molar-refractivity contribution in [3.63, 3.8) is 0 Å². The average molecular weight is 661 g/mol. The Bertz CT molecular complexity index is 1160. The van der Waals surface area contributed by atoms with Gasteiger partial charge in [0.15, 0.2) is 0 Å². The summed E-state index contributed by atoms with van der Waals surface area (Å²) in [5.41, 5.74) is 0.963. The summed E-state index contributed by atoms with van der Waals surface area (Å²) in [7, 11) is 0. The fourth-order valence-corrected chi connectivity index (χ4v) is 9.03. The molecule has 0 atom stereocenters. The number of halogens is 6. The summed E-state index contributed by atoms with van der Waals surface area (Å²) in [4.78, 5) is 0. The van der Waals surface area contributed by atoms with Gasteiger partial charge in [-0.3, -0.25) is 0 Å². The Morgan fingerprint density at radius 1 is 0.605 bits per heavy atom. The van der Waals surface area contributed by atoms with Gasteiger partial charge in [-0.1, -0.05) is 0 Å². The van der Waals surface area contributed by atoms with E-state index in [1.165, 1.54) is 0 Å². The predicted molar refractivity (Wildman–Crippen MR) is 148 cm³/mol. The van der Waals surface area contributed by atoms with Crippen molar-refractivity contribution >= 4 is 43.1 Å². The molecule has 0 aliphatic heterocycles. The molecule has 4 aromatic rings. The van der Waals surface area contributed by atoms with Gasteiger partial charge < -0.3 is 0 Å². The summed E-state index contributed by atoms with van der Waals surface area (Å²) in [6.45, 7) is -1.42. The standard InChI is InChI=1S/C29H30FOP.5FH.Sb/c1-2-3-23-31-26-21-19-25(20-22-26)24-32(30,27-13-7-4-8-14-27,28-15-9-5-10-16-28)29-17-11-6-12-18-29;;;;;;/h4-22H,2-3,23-24H2,1H3;5*1H;/q;;;;;;+5/p-5. The molecule has 0 bridgehead atoms. The Hall–Kier alpha value is -2.49. The molecule has 0 spiro atoms. The Morgan fingerprint density at radius 2 is 0.974 bits per heavy atom. The monoisotopic (exact) mass is 660 g/mol. The second kappa shape index (κ2) is 12.1. The van der Waals surface area contributed by atoms with Gasteiger partial charge in [-0.2, -0.15) is 0 Å². The van der Waals surface area contributed by atoms with Crippen LogP contribution in [-0.2, 0) is 6.16 Å². The van der Waals surface area contributed by atoms with E-state index in [0.717, 1.165) is 40.1 Å². The van der Waals surface area contributed by atoms with Crippen molar-refractivity contribution in [1.29, 1.82) is 0 Å². The van der Waals surface area contributed by atoms with E-state index in [4.69, 9.17) is 4.74 Å². The molecule has 0 unspecified atom stereocenters. The molecule has 0 aromatic heterocycles. The predicted octanol–water partition coefficient (Wildman–Crippen LogP) is 8.50. The summed E-state index contributed by atoms with van der Waals surface area (Å²) in [5, 5.41) is 2.25. The molecule has 0 radical (unpaired) electrons. The normalized spacial score (nSPS) is 13.7. The van der Waals surface area contributed by atoms with Crippen LogP contribution in [0.3, 0.4) is 0 Å². The Labute approximate surface area is 224 Å². The van der Waals surface area contributed by atoms with Gasteiger partial charge in [-0.15, -0.1) is 0 Å². The fraction of sp³-hybridized carbons (Fsp3) is 0.172. The van der Waals surface area contributed by atoms with Crippen LogP contribution in [0.2, 0.25) is 0 Å². The molecule has 4 rings (SSSR count). The summed E-state index contributed by atoms with van der Waals surface area (Å²) in [5.74, 6) is 0.834. The van der Waals surface area contributed by atoms with E-state index >= 15 is 4.20 Å². The van der Waals surface area contributed by atoms with Gasteiger partial charge in [0.05, 0.1) is 0 Å². The minimum absolute atomic E-state index is 0.304. The van der Waals surface area contributed by atoms with Crippen LogP contribution in [0.5, 0.6) is 5.75 Å². The quantitative estimate of drug-likeness (QED) is 0.0757. The van der Waals surface area contributed by atoms with Gasteiger partial charge in [-0.25, -0.2) is 0 Å². The molecular formula is C29H30F6OPSb. The Balaban J connectivity index is 0.000000599. The first-order chi connectivity index (χ1) is 17.9. The zero-order chi connectivity index (χ0) is 27.8. The number of unbranched alkanes of at least 4 members (excludes halogenated alkanes) is 1. The molecule has 0 fully saturated rings. The molecule has 0 saturated carbocycles. The third kappa shape index (κ3) is 8.01. The van der Waals surface area contributed by atoms with Crippen molar-refractivity contribution in [2.75, 3.05) is 6.61 Å². The summed E-state index contributed by atoms with van der Waals surface area (Å²) in [6, 6.07) is 37.1. The number of hydrogen-bond acceptors (Lipinski definition) is 1. The van der Waals surface area contributed by atoms with Crippen LogP contribution in [-0.4, -0.2) is 26.9 Å². The van der Waals surface area contributed by atoms with Crippen LogP contribution in [0.1, 0.15) is 25.3 Å². The zero-order valence-electron chi connectivity index (χ0n) is 20.9. The Kier molecular flexibility index (Phi) is 9.60. The molecule has 0 N–H and O–H groups in total. The van der Waals surface area contributed by atoms with E-state index in [2.05, 4.69) is 6.92 Å². The first kappa shape index (κ1) is 30.1. The fourth-order valence-electron chi connectivity index (χ4n) is 4.31. The summed E-state index contributed by atoms with van der Waals surface area (Å²) in [6.07, 6.45) is 2.43. The first-order valence-corrected chi connectivity index (χ1v) is 19.2. The molecule has 0 aliphatic carbocycles. The van der Waals surface area contributed by atoms with Gasteiger partial charge in [-0.05, 0) is 0 Å². The number of benzene rings is 4. The van der Waals surface area contributed by atoms with Crippen LogP contribution in [0, 0.1) is 0 Å². The van der Waals surface area contributed by atoms with Crippen LogP contribution >= 0.6 is 6.91 Å². The van der Waals surface area contributed by atoms with Crippen LogP contribution < -0.4 is 20.7 Å². The van der Waals surface area contributed by atoms with Gasteiger partial charge in [0.1, 0.15) is 0 Å². The molecule has 38 heavy (non-hydrogen) atoms. The molecule has 0 saturated heterocycles. The second-order valence-corrected chi connectivity index (χ2v) is 16.7. The minimum atomic E-state index is -9.19. The maximum absolute atomic E-state index is 18.5. The topological polar surface area (TPSA) is 9.23 Å². The molecule has 9 heteroatoms. The van der Waals surface area contributed by atoms with Gasteiger partial charge in [0, 0.05) is 0 Å². The average Bonchev–Trinajstić information content (AvgIpc) is 2.90. The van der Waals surface area contributed by atoms with Crippen molar-refractivity contribution in [3.05, 3.63) is 121 Å². The molecule has 0 amide bonds. The second-order valence-electron chi connectivity index (χ2n) is 8.83. The van der Waals surface area contributed by atoms with E-state index in [1.807, 2.05) is 115 Å². The molecule has 0 heterocycles. The van der Waals surface area contributed by atoms with Crippen LogP contribution in [0.15, 0.2) is 115 Å². The third-order valence-corrected chi connectivity index (χ3v) is 11.1. The molecule has 4 aromatic carbocycles. The Morgan fingerprint density at radius 3 is 1.32 bits per heavy atom. The van der Waals surface area contributed by atoms with Crippen LogP contribution in [0.4, 0.5) is 18.3 Å². The van der Waals surface area contributed by atoms with Crippen molar-refractivity contribution in [1.82, 2.24) is 0 Å². The maximum atomic E-state index is 18.5. The van der Waals surface area contributed by atoms with E-state index < -0.39 is 27.2 Å². The van der Waals surface area contributed by atoms with Crippen molar-refractivity contribution in [3.8, 4) is 5.75 Å². The SMILES string of the molecule is CCCCOc1ccc(CP(F)(c2ccccc2)(c2ccccc2)c2ccccc2)cc1.[F][Sb]([F])([F])([F])[F]. The van der Waals surface area contributed by atoms with E-state index in [1.54, 1.807) is 0 Å². The third-order valence-electron chi connectivity index (χ3n) is 6.05.